The van der Waals surface area contributed by atoms with Gasteiger partial charge in [-0.15, -0.1) is 0 Å². The van der Waals surface area contributed by atoms with Crippen LogP contribution in [0.3, 0.4) is 0 Å². The predicted octanol–water partition coefficient (Wildman–Crippen LogP) is 2.39. The predicted molar refractivity (Wildman–Crippen MR) is 86.9 cm³/mol. The highest BCUT2D eigenvalue weighted by molar-refractivity contribution is 5.80. The van der Waals surface area contributed by atoms with Crippen LogP contribution in [0.15, 0.2) is 35.4 Å². The summed E-state index contributed by atoms with van der Waals surface area (Å²) in [5, 5.41) is 12.9. The minimum Gasteiger partial charge on any atom is -0.479 e. The lowest BCUT2D eigenvalue weighted by molar-refractivity contribution is -0.144. The van der Waals surface area contributed by atoms with Crippen molar-refractivity contribution in [2.75, 3.05) is 5.43 Å². The number of aliphatic carboxylic acids is 1. The van der Waals surface area contributed by atoms with Crippen LogP contribution in [0.25, 0.3) is 0 Å². The normalized spacial score (nSPS) is 12.1. The molecule has 0 aliphatic heterocycles. The highest BCUT2D eigenvalue weighted by atomic mass is 16.5. The van der Waals surface area contributed by atoms with Crippen molar-refractivity contribution >= 4 is 18.1 Å². The summed E-state index contributed by atoms with van der Waals surface area (Å²) in [6.07, 6.45) is 0.726. The van der Waals surface area contributed by atoms with Crippen molar-refractivity contribution in [3.8, 4) is 5.75 Å². The van der Waals surface area contributed by atoms with Crippen LogP contribution in [0.4, 0.5) is 5.95 Å². The van der Waals surface area contributed by atoms with E-state index >= 15 is 0 Å². The van der Waals surface area contributed by atoms with Crippen LogP contribution in [-0.2, 0) is 4.79 Å². The molecule has 0 radical (unpaired) electrons. The van der Waals surface area contributed by atoms with Crippen LogP contribution in [0, 0.1) is 13.8 Å². The molecule has 0 saturated carbocycles. The molecule has 23 heavy (non-hydrogen) atoms. The molecule has 0 saturated heterocycles. The largest absolute Gasteiger partial charge is 0.479 e. The summed E-state index contributed by atoms with van der Waals surface area (Å²) in [5.74, 6) is -0.0788. The lowest BCUT2D eigenvalue weighted by Crippen LogP contribution is -2.22. The van der Waals surface area contributed by atoms with Gasteiger partial charge in [-0.25, -0.2) is 20.2 Å². The van der Waals surface area contributed by atoms with E-state index in [1.54, 1.807) is 30.5 Å². The van der Waals surface area contributed by atoms with Crippen LogP contribution in [0.5, 0.6) is 5.75 Å². The number of aryl methyl sites for hydroxylation is 2. The second-order valence-corrected chi connectivity index (χ2v) is 5.01. The van der Waals surface area contributed by atoms with Crippen molar-refractivity contribution in [1.82, 2.24) is 9.97 Å². The number of carboxylic acid groups (broad SMARTS) is 1. The summed E-state index contributed by atoms with van der Waals surface area (Å²) in [6, 6.07) is 8.81. The second-order valence-electron chi connectivity index (χ2n) is 5.01. The van der Waals surface area contributed by atoms with Crippen LogP contribution in [-0.4, -0.2) is 33.4 Å². The number of aromatic nitrogens is 2. The summed E-state index contributed by atoms with van der Waals surface area (Å²) in [6.45, 7) is 5.26. The Bertz CT molecular complexity index is 694. The molecule has 1 aromatic carbocycles. The minimum absolute atomic E-state index is 0.439. The van der Waals surface area contributed by atoms with E-state index in [9.17, 15) is 4.79 Å². The van der Waals surface area contributed by atoms with Gasteiger partial charge in [-0.1, -0.05) is 0 Å². The summed E-state index contributed by atoms with van der Waals surface area (Å²) in [7, 11) is 0. The molecule has 1 aromatic heterocycles. The first-order chi connectivity index (χ1) is 10.9. The topological polar surface area (TPSA) is 96.7 Å². The third-order valence-electron chi connectivity index (χ3n) is 2.90. The monoisotopic (exact) mass is 314 g/mol. The van der Waals surface area contributed by atoms with Crippen LogP contribution in [0.1, 0.15) is 23.9 Å². The molecule has 0 unspecified atom stereocenters. The van der Waals surface area contributed by atoms with E-state index in [1.807, 2.05) is 19.9 Å². The van der Waals surface area contributed by atoms with Gasteiger partial charge in [0.05, 0.1) is 6.21 Å². The molecular formula is C16H18N4O3. The Hall–Kier alpha value is -2.96. The standard InChI is InChI=1S/C16H18N4O3/c1-10-8-11(2)19-16(18-10)20-17-9-13-4-6-14(7-5-13)23-12(3)15(21)22/h4-9,12H,1-3H3,(H,21,22)(H,18,19,20)/b17-9+/t12-/m0/s1. The van der Waals surface area contributed by atoms with Crippen LogP contribution in [0.2, 0.25) is 0 Å². The number of carboxylic acids is 1. The van der Waals surface area contributed by atoms with E-state index < -0.39 is 12.1 Å². The van der Waals surface area contributed by atoms with E-state index in [-0.39, 0.29) is 0 Å². The molecule has 0 aliphatic rings. The second kappa shape index (κ2) is 7.35. The Balaban J connectivity index is 1.96. The number of anilines is 1. The number of hydrogen-bond acceptors (Lipinski definition) is 6. The quantitative estimate of drug-likeness (QED) is 0.628. The fraction of sp³-hybridized carbons (Fsp3) is 0.250. The SMILES string of the molecule is Cc1cc(C)nc(N/N=C/c2ccc(O[C@@H](C)C(=O)O)cc2)n1. The summed E-state index contributed by atoms with van der Waals surface area (Å²) in [5.41, 5.74) is 5.34. The molecular weight excluding hydrogens is 296 g/mol. The van der Waals surface area contributed by atoms with Gasteiger partial charge in [0.1, 0.15) is 5.75 Å². The van der Waals surface area contributed by atoms with Gasteiger partial charge in [0.25, 0.3) is 0 Å². The molecule has 2 rings (SSSR count). The molecule has 0 fully saturated rings. The molecule has 7 nitrogen and oxygen atoms in total. The molecule has 2 N–H and O–H groups in total. The van der Waals surface area contributed by atoms with E-state index in [2.05, 4.69) is 20.5 Å². The van der Waals surface area contributed by atoms with Gasteiger partial charge in [0.2, 0.25) is 5.95 Å². The third kappa shape index (κ3) is 5.06. The maximum atomic E-state index is 10.7. The highest BCUT2D eigenvalue weighted by Crippen LogP contribution is 2.13. The summed E-state index contributed by atoms with van der Waals surface area (Å²) in [4.78, 5) is 19.2. The van der Waals surface area contributed by atoms with Crippen molar-refractivity contribution in [3.63, 3.8) is 0 Å². The van der Waals surface area contributed by atoms with E-state index in [0.29, 0.717) is 11.7 Å². The number of ether oxygens (including phenoxy) is 1. The maximum absolute atomic E-state index is 10.7. The van der Waals surface area contributed by atoms with Crippen LogP contribution >= 0.6 is 0 Å². The fourth-order valence-corrected chi connectivity index (χ4v) is 1.83. The molecule has 1 heterocycles. The highest BCUT2D eigenvalue weighted by Gasteiger charge is 2.11. The van der Waals surface area contributed by atoms with Gasteiger partial charge in [-0.2, -0.15) is 5.10 Å². The van der Waals surface area contributed by atoms with Crippen molar-refractivity contribution in [2.45, 2.75) is 26.9 Å². The van der Waals surface area contributed by atoms with Crippen molar-refractivity contribution in [1.29, 1.82) is 0 Å². The molecule has 0 amide bonds. The number of nitrogens with zero attached hydrogens (tertiary/aromatic N) is 3. The molecule has 1 atom stereocenters. The van der Waals surface area contributed by atoms with Gasteiger partial charge in [0, 0.05) is 11.4 Å². The Labute approximate surface area is 134 Å². The number of benzene rings is 1. The van der Waals surface area contributed by atoms with E-state index in [1.165, 1.54) is 6.92 Å². The summed E-state index contributed by atoms with van der Waals surface area (Å²) < 4.78 is 5.25. The average molecular weight is 314 g/mol. The molecule has 2 aromatic rings. The van der Waals surface area contributed by atoms with Crippen molar-refractivity contribution < 1.29 is 14.6 Å². The Morgan fingerprint density at radius 1 is 1.26 bits per heavy atom. The minimum atomic E-state index is -1.01. The zero-order valence-electron chi connectivity index (χ0n) is 13.1. The molecule has 0 bridgehead atoms. The Morgan fingerprint density at radius 2 is 1.87 bits per heavy atom. The maximum Gasteiger partial charge on any atom is 0.344 e. The number of carbonyl (C=O) groups is 1. The first kappa shape index (κ1) is 16.4. The zero-order valence-corrected chi connectivity index (χ0v) is 13.1. The van der Waals surface area contributed by atoms with Gasteiger partial charge < -0.3 is 9.84 Å². The number of nitrogens with one attached hydrogen (secondary N) is 1. The van der Waals surface area contributed by atoms with Gasteiger partial charge >= 0.3 is 5.97 Å². The molecule has 120 valence electrons. The van der Waals surface area contributed by atoms with Gasteiger partial charge in [-0.05, 0) is 56.7 Å². The van der Waals surface area contributed by atoms with Crippen LogP contribution < -0.4 is 10.2 Å². The molecule has 0 aliphatic carbocycles. The van der Waals surface area contributed by atoms with E-state index in [4.69, 9.17) is 9.84 Å². The molecule has 0 spiro atoms. The van der Waals surface area contributed by atoms with Crippen molar-refractivity contribution in [3.05, 3.63) is 47.3 Å². The summed E-state index contributed by atoms with van der Waals surface area (Å²) >= 11 is 0. The number of rotatable bonds is 6. The average Bonchev–Trinajstić information content (AvgIpc) is 2.48. The van der Waals surface area contributed by atoms with Gasteiger partial charge in [0.15, 0.2) is 6.10 Å². The van der Waals surface area contributed by atoms with Gasteiger partial charge in [-0.3, -0.25) is 0 Å². The fourth-order valence-electron chi connectivity index (χ4n) is 1.83. The first-order valence-corrected chi connectivity index (χ1v) is 7.05. The third-order valence-corrected chi connectivity index (χ3v) is 2.90. The number of hydrazone groups is 1. The Morgan fingerprint density at radius 3 is 2.43 bits per heavy atom. The lowest BCUT2D eigenvalue weighted by atomic mass is 10.2. The smallest absolute Gasteiger partial charge is 0.344 e. The first-order valence-electron chi connectivity index (χ1n) is 7.05. The van der Waals surface area contributed by atoms with E-state index in [0.717, 1.165) is 17.0 Å². The van der Waals surface area contributed by atoms with Crippen molar-refractivity contribution in [2.24, 2.45) is 5.10 Å². The Kier molecular flexibility index (Phi) is 5.24. The molecule has 7 heteroatoms. The zero-order chi connectivity index (χ0) is 16.8. The lowest BCUT2D eigenvalue weighted by Gasteiger charge is -2.09. The number of hydrogen-bond donors (Lipinski definition) is 2.